The van der Waals surface area contributed by atoms with Crippen LogP contribution in [-0.4, -0.2) is 78.1 Å². The van der Waals surface area contributed by atoms with Crippen LogP contribution in [0, 0.1) is 5.92 Å². The number of anilines is 1. The molecule has 0 aliphatic carbocycles. The van der Waals surface area contributed by atoms with E-state index in [2.05, 4.69) is 0 Å². The molecule has 13 heteroatoms. The molecule has 2 aromatic carbocycles. The van der Waals surface area contributed by atoms with Gasteiger partial charge in [0.25, 0.3) is 0 Å². The molecule has 0 radical (unpaired) electrons. The largest absolute Gasteiger partial charge is 0.416 e. The highest BCUT2D eigenvalue weighted by Gasteiger charge is 2.41. The first kappa shape index (κ1) is 33.2. The van der Waals surface area contributed by atoms with Crippen molar-refractivity contribution in [1.29, 1.82) is 0 Å². The lowest BCUT2D eigenvalue weighted by molar-refractivity contribution is -0.138. The molecule has 2 heterocycles. The summed E-state index contributed by atoms with van der Waals surface area (Å²) < 4.78 is 40.7. The van der Waals surface area contributed by atoms with Crippen LogP contribution in [-0.2, 0) is 17.4 Å². The standard InChI is InChI=1S/C30H39Cl2F3N6O2/c1-18(2)14-25(37)23-16-21(30(33,34)35)5-7-26(23)38-8-10-39(11-9-38)28(42)27(15-20-4-6-22(31)17-24(20)32)41-13-12-40(19(3)36)29(41)43/h4-7,16-19,25,27H,8-15,36-37H2,1-3H3. The summed E-state index contributed by atoms with van der Waals surface area (Å²) in [5.74, 6) is -0.0286. The fraction of sp³-hybridized carbons (Fsp3) is 0.533. The Morgan fingerprint density at radius 2 is 1.58 bits per heavy atom. The lowest BCUT2D eigenvalue weighted by Gasteiger charge is -2.40. The highest BCUT2D eigenvalue weighted by Crippen LogP contribution is 2.37. The third kappa shape index (κ3) is 7.68. The molecule has 4 N–H and O–H groups in total. The van der Waals surface area contributed by atoms with E-state index < -0.39 is 30.0 Å². The monoisotopic (exact) mass is 642 g/mol. The molecule has 3 unspecified atom stereocenters. The molecule has 2 aliphatic heterocycles. The molecule has 2 fully saturated rings. The summed E-state index contributed by atoms with van der Waals surface area (Å²) in [5.41, 5.74) is 13.4. The molecule has 2 aliphatic rings. The van der Waals surface area contributed by atoms with Crippen LogP contribution < -0.4 is 16.4 Å². The van der Waals surface area contributed by atoms with Crippen molar-refractivity contribution in [1.82, 2.24) is 14.7 Å². The van der Waals surface area contributed by atoms with Gasteiger partial charge in [-0.2, -0.15) is 13.2 Å². The van der Waals surface area contributed by atoms with Crippen LogP contribution in [0.4, 0.5) is 23.7 Å². The number of halogens is 5. The number of rotatable bonds is 9. The Kier molecular flexibility index (Phi) is 10.4. The van der Waals surface area contributed by atoms with Crippen LogP contribution in [0.1, 0.15) is 49.9 Å². The molecule has 43 heavy (non-hydrogen) atoms. The average molecular weight is 644 g/mol. The number of hydrogen-bond acceptors (Lipinski definition) is 5. The summed E-state index contributed by atoms with van der Waals surface area (Å²) in [4.78, 5) is 34.0. The highest BCUT2D eigenvalue weighted by atomic mass is 35.5. The number of amides is 3. The van der Waals surface area contributed by atoms with E-state index in [0.29, 0.717) is 72.5 Å². The molecule has 3 amide bonds. The minimum Gasteiger partial charge on any atom is -0.368 e. The minimum absolute atomic E-state index is 0.195. The van der Waals surface area contributed by atoms with Gasteiger partial charge in [-0.15, -0.1) is 0 Å². The van der Waals surface area contributed by atoms with Gasteiger partial charge in [-0.1, -0.05) is 43.1 Å². The van der Waals surface area contributed by atoms with Crippen molar-refractivity contribution < 1.29 is 22.8 Å². The third-order valence-corrected chi connectivity index (χ3v) is 8.65. The Morgan fingerprint density at radius 1 is 0.930 bits per heavy atom. The van der Waals surface area contributed by atoms with E-state index in [0.717, 1.165) is 12.1 Å². The summed E-state index contributed by atoms with van der Waals surface area (Å²) in [6, 6.07) is 7.04. The van der Waals surface area contributed by atoms with E-state index >= 15 is 0 Å². The van der Waals surface area contributed by atoms with E-state index in [-0.39, 0.29) is 24.3 Å². The van der Waals surface area contributed by atoms with Crippen molar-refractivity contribution >= 4 is 40.8 Å². The molecule has 0 aromatic heterocycles. The van der Waals surface area contributed by atoms with E-state index in [1.54, 1.807) is 34.9 Å². The fourth-order valence-electron chi connectivity index (χ4n) is 5.79. The summed E-state index contributed by atoms with van der Waals surface area (Å²) in [6.07, 6.45) is -4.26. The molecule has 4 rings (SSSR count). The Morgan fingerprint density at radius 3 is 2.14 bits per heavy atom. The number of alkyl halides is 3. The topological polar surface area (TPSA) is 99.1 Å². The van der Waals surface area contributed by atoms with Crippen LogP contribution in [0.2, 0.25) is 10.0 Å². The zero-order valence-electron chi connectivity index (χ0n) is 24.6. The summed E-state index contributed by atoms with van der Waals surface area (Å²) >= 11 is 12.5. The Bertz CT molecular complexity index is 1320. The van der Waals surface area contributed by atoms with E-state index in [1.165, 1.54) is 11.0 Å². The van der Waals surface area contributed by atoms with Gasteiger partial charge in [0, 0.05) is 67.5 Å². The number of hydrogen-bond donors (Lipinski definition) is 2. The number of urea groups is 1. The molecule has 8 nitrogen and oxygen atoms in total. The highest BCUT2D eigenvalue weighted by molar-refractivity contribution is 6.35. The summed E-state index contributed by atoms with van der Waals surface area (Å²) in [7, 11) is 0. The van der Waals surface area contributed by atoms with Gasteiger partial charge in [0.15, 0.2) is 0 Å². The van der Waals surface area contributed by atoms with Gasteiger partial charge in [-0.05, 0) is 60.7 Å². The van der Waals surface area contributed by atoms with Crippen molar-refractivity contribution in [3.8, 4) is 0 Å². The van der Waals surface area contributed by atoms with Crippen LogP contribution in [0.5, 0.6) is 0 Å². The Balaban J connectivity index is 1.56. The van der Waals surface area contributed by atoms with Crippen molar-refractivity contribution in [2.24, 2.45) is 17.4 Å². The van der Waals surface area contributed by atoms with Crippen molar-refractivity contribution in [3.63, 3.8) is 0 Å². The average Bonchev–Trinajstić information content (AvgIpc) is 3.32. The quantitative estimate of drug-likeness (QED) is 0.384. The smallest absolute Gasteiger partial charge is 0.368 e. The van der Waals surface area contributed by atoms with Gasteiger partial charge < -0.3 is 31.1 Å². The summed E-state index contributed by atoms with van der Waals surface area (Å²) in [6.45, 7) is 7.84. The number of carbonyl (C=O) groups is 2. The second kappa shape index (κ2) is 13.5. The second-order valence-corrected chi connectivity index (χ2v) is 12.5. The number of benzene rings is 2. The molecule has 0 bridgehead atoms. The van der Waals surface area contributed by atoms with Gasteiger partial charge >= 0.3 is 12.2 Å². The van der Waals surface area contributed by atoms with Gasteiger partial charge in [-0.25, -0.2) is 4.79 Å². The maximum absolute atomic E-state index is 14.0. The Labute approximate surface area is 260 Å². The summed E-state index contributed by atoms with van der Waals surface area (Å²) in [5, 5.41) is 0.863. The van der Waals surface area contributed by atoms with Crippen LogP contribution in [0.15, 0.2) is 36.4 Å². The van der Waals surface area contributed by atoms with Gasteiger partial charge in [-0.3, -0.25) is 4.79 Å². The van der Waals surface area contributed by atoms with Crippen molar-refractivity contribution in [2.45, 2.75) is 58.0 Å². The number of nitrogens with two attached hydrogens (primary N) is 2. The van der Waals surface area contributed by atoms with E-state index in [9.17, 15) is 22.8 Å². The lowest BCUT2D eigenvalue weighted by Crippen LogP contribution is -2.56. The molecular formula is C30H39Cl2F3N6O2. The van der Waals surface area contributed by atoms with Crippen molar-refractivity contribution in [2.75, 3.05) is 44.2 Å². The third-order valence-electron chi connectivity index (χ3n) is 8.07. The van der Waals surface area contributed by atoms with Crippen molar-refractivity contribution in [3.05, 3.63) is 63.1 Å². The van der Waals surface area contributed by atoms with Gasteiger partial charge in [0.1, 0.15) is 6.04 Å². The molecule has 0 saturated carbocycles. The van der Waals surface area contributed by atoms with Crippen LogP contribution >= 0.6 is 23.2 Å². The molecule has 2 aromatic rings. The molecule has 2 saturated heterocycles. The van der Waals surface area contributed by atoms with Gasteiger partial charge in [0.2, 0.25) is 5.91 Å². The fourth-order valence-corrected chi connectivity index (χ4v) is 6.28. The zero-order chi connectivity index (χ0) is 31.6. The van der Waals surface area contributed by atoms with Crippen LogP contribution in [0.25, 0.3) is 0 Å². The van der Waals surface area contributed by atoms with E-state index in [4.69, 9.17) is 34.7 Å². The first-order valence-corrected chi connectivity index (χ1v) is 15.2. The van der Waals surface area contributed by atoms with E-state index in [1.807, 2.05) is 18.7 Å². The maximum Gasteiger partial charge on any atom is 0.416 e. The predicted octanol–water partition coefficient (Wildman–Crippen LogP) is 5.36. The van der Waals surface area contributed by atoms with Crippen LogP contribution in [0.3, 0.4) is 0 Å². The normalized spacial score (nSPS) is 18.4. The molecule has 236 valence electrons. The first-order valence-electron chi connectivity index (χ1n) is 14.4. The Hall–Kier alpha value is -2.73. The minimum atomic E-state index is -4.48. The molecule has 3 atom stereocenters. The predicted molar refractivity (Wildman–Crippen MR) is 163 cm³/mol. The maximum atomic E-state index is 14.0. The zero-order valence-corrected chi connectivity index (χ0v) is 26.1. The first-order chi connectivity index (χ1) is 20.2. The number of nitrogens with zero attached hydrogens (tertiary/aromatic N) is 4. The lowest BCUT2D eigenvalue weighted by atomic mass is 9.94. The number of piperazine rings is 1. The van der Waals surface area contributed by atoms with Gasteiger partial charge in [0.05, 0.1) is 11.7 Å². The molecule has 0 spiro atoms. The SMILES string of the molecule is CC(C)CC(N)c1cc(C(F)(F)F)ccc1N1CCN(C(=O)C(Cc2ccc(Cl)cc2Cl)N2CCN(C(C)N)C2=O)CC1. The number of carbonyl (C=O) groups excluding carboxylic acids is 2. The molecular weight excluding hydrogens is 604 g/mol. The second-order valence-electron chi connectivity index (χ2n) is 11.7.